The van der Waals surface area contributed by atoms with Gasteiger partial charge in [-0.3, -0.25) is 0 Å². The molecule has 0 bridgehead atoms. The molecule has 3 heterocycles. The molecule has 0 aliphatic carbocycles. The van der Waals surface area contributed by atoms with Crippen LogP contribution < -0.4 is 33.6 Å². The van der Waals surface area contributed by atoms with Crippen molar-refractivity contribution >= 4 is 46.7 Å². The number of nitrogens with one attached hydrogen (secondary N) is 2. The molecule has 52 heavy (non-hydrogen) atoms. The molecule has 6 rings (SSSR count). The van der Waals surface area contributed by atoms with Crippen LogP contribution in [-0.4, -0.2) is 29.9 Å². The van der Waals surface area contributed by atoms with Crippen LogP contribution in [0, 0.1) is 27.7 Å². The Hall–Kier alpha value is -6.30. The van der Waals surface area contributed by atoms with Crippen molar-refractivity contribution in [1.82, 2.24) is 29.9 Å². The molecule has 12 heteroatoms. The summed E-state index contributed by atoms with van der Waals surface area (Å²) < 4.78 is 0. The van der Waals surface area contributed by atoms with Gasteiger partial charge in [-0.1, -0.05) is 51.1 Å². The first kappa shape index (κ1) is 35.5. The average molecular weight is 695 g/mol. The first-order valence-electron chi connectivity index (χ1n) is 17.5. The summed E-state index contributed by atoms with van der Waals surface area (Å²) >= 11 is 0. The van der Waals surface area contributed by atoms with Crippen molar-refractivity contribution in [2.45, 2.75) is 67.7 Å². The van der Waals surface area contributed by atoms with Crippen LogP contribution in [-0.2, 0) is 19.3 Å². The Balaban J connectivity index is 1.27. The van der Waals surface area contributed by atoms with E-state index in [4.69, 9.17) is 37.9 Å². The van der Waals surface area contributed by atoms with E-state index in [1.807, 2.05) is 52.0 Å². The quantitative estimate of drug-likeness (QED) is 0.0812. The van der Waals surface area contributed by atoms with Crippen molar-refractivity contribution in [1.29, 1.82) is 0 Å². The summed E-state index contributed by atoms with van der Waals surface area (Å²) in [5, 5.41) is 6.81. The molecular formula is C40H46N12. The fraction of sp³-hybridized carbons (Fsp3) is 0.250. The molecule has 0 radical (unpaired) electrons. The normalized spacial score (nSPS) is 11.1. The summed E-state index contributed by atoms with van der Waals surface area (Å²) in [5.74, 6) is 2.23. The molecule has 266 valence electrons. The summed E-state index contributed by atoms with van der Waals surface area (Å²) in [5.41, 5.74) is 39.1. The van der Waals surface area contributed by atoms with E-state index in [1.165, 1.54) is 0 Å². The molecule has 0 amide bonds. The first-order chi connectivity index (χ1) is 24.9. The Bertz CT molecular complexity index is 2290. The fourth-order valence-corrected chi connectivity index (χ4v) is 6.75. The molecule has 0 spiro atoms. The minimum Gasteiger partial charge on any atom is -0.383 e. The lowest BCUT2D eigenvalue weighted by Crippen LogP contribution is -2.09. The SMILES string of the molecule is CCc1nc(N)nc(N)c1-c1cc(C)c(Nc2nc(N)c(-c3ccc(Nc4nc(N)c(-c5ccccc5C)c(CC)n4)c(C)c3)c(CC)n2)c(C)c1. The number of nitrogen functional groups attached to an aromatic ring is 4. The van der Waals surface area contributed by atoms with Crippen LogP contribution in [0.5, 0.6) is 0 Å². The number of nitrogens with two attached hydrogens (primary N) is 4. The summed E-state index contributed by atoms with van der Waals surface area (Å²) in [7, 11) is 0. The predicted octanol–water partition coefficient (Wildman–Crippen LogP) is 7.79. The predicted molar refractivity (Wildman–Crippen MR) is 214 cm³/mol. The first-order valence-corrected chi connectivity index (χ1v) is 17.5. The van der Waals surface area contributed by atoms with Crippen molar-refractivity contribution in [3.63, 3.8) is 0 Å². The topological polar surface area (TPSA) is 205 Å². The van der Waals surface area contributed by atoms with Crippen molar-refractivity contribution in [3.05, 3.63) is 93.9 Å². The number of rotatable bonds is 10. The van der Waals surface area contributed by atoms with Crippen molar-refractivity contribution in [3.8, 4) is 33.4 Å². The van der Waals surface area contributed by atoms with Crippen LogP contribution >= 0.6 is 0 Å². The van der Waals surface area contributed by atoms with Gasteiger partial charge in [-0.25, -0.2) is 15.0 Å². The smallest absolute Gasteiger partial charge is 0.229 e. The molecule has 10 N–H and O–H groups in total. The van der Waals surface area contributed by atoms with Crippen LogP contribution in [0.2, 0.25) is 0 Å². The lowest BCUT2D eigenvalue weighted by molar-refractivity contribution is 1.01. The van der Waals surface area contributed by atoms with Crippen molar-refractivity contribution < 1.29 is 0 Å². The maximum Gasteiger partial charge on any atom is 0.229 e. The molecule has 0 saturated carbocycles. The molecule has 3 aromatic carbocycles. The van der Waals surface area contributed by atoms with Gasteiger partial charge >= 0.3 is 0 Å². The van der Waals surface area contributed by atoms with Crippen LogP contribution in [0.4, 0.5) is 46.7 Å². The highest BCUT2D eigenvalue weighted by Gasteiger charge is 2.19. The van der Waals surface area contributed by atoms with Crippen molar-refractivity contribution in [2.75, 3.05) is 33.6 Å². The van der Waals surface area contributed by atoms with Gasteiger partial charge in [0.2, 0.25) is 17.8 Å². The number of benzene rings is 3. The van der Waals surface area contributed by atoms with E-state index >= 15 is 0 Å². The Kier molecular flexibility index (Phi) is 9.91. The van der Waals surface area contributed by atoms with E-state index in [1.54, 1.807) is 0 Å². The summed E-state index contributed by atoms with van der Waals surface area (Å²) in [6.07, 6.45) is 2.04. The van der Waals surface area contributed by atoms with Gasteiger partial charge in [0.1, 0.15) is 17.5 Å². The molecule has 3 aromatic heterocycles. The van der Waals surface area contributed by atoms with Gasteiger partial charge in [0.25, 0.3) is 0 Å². The van der Waals surface area contributed by atoms with Crippen LogP contribution in [0.15, 0.2) is 54.6 Å². The van der Waals surface area contributed by atoms with Gasteiger partial charge in [0, 0.05) is 28.1 Å². The standard InChI is InChI=1S/C40H46N12/c1-8-27-32(35(41)50-38(44)45-27)25-18-22(6)34(23(7)19-25)49-40-46-28(9-2)31(36(42)51-40)24-15-16-30(21(5)17-24)48-39-47-29(10-3)33(37(43)52-39)26-14-12-11-13-20(26)4/h11-19H,8-10H2,1-7H3,(H4,41,44,45,50)(H3,42,46,49,51)(H3,43,47,48,52). The lowest BCUT2D eigenvalue weighted by Gasteiger charge is -2.18. The van der Waals surface area contributed by atoms with E-state index < -0.39 is 0 Å². The van der Waals surface area contributed by atoms with E-state index in [0.29, 0.717) is 48.6 Å². The van der Waals surface area contributed by atoms with Gasteiger partial charge in [0.05, 0.1) is 17.1 Å². The second kappa shape index (κ2) is 14.5. The summed E-state index contributed by atoms with van der Waals surface area (Å²) in [4.78, 5) is 27.7. The lowest BCUT2D eigenvalue weighted by atomic mass is 9.97. The van der Waals surface area contributed by atoms with Gasteiger partial charge < -0.3 is 33.6 Å². The molecule has 6 aromatic rings. The Morgan fingerprint density at radius 1 is 0.500 bits per heavy atom. The molecule has 12 nitrogen and oxygen atoms in total. The number of aromatic nitrogens is 6. The highest BCUT2D eigenvalue weighted by atomic mass is 15.1. The highest BCUT2D eigenvalue weighted by Crippen LogP contribution is 2.37. The van der Waals surface area contributed by atoms with Gasteiger partial charge in [-0.2, -0.15) is 15.0 Å². The maximum atomic E-state index is 6.67. The number of nitrogens with zero attached hydrogens (tertiary/aromatic N) is 6. The molecule has 0 unspecified atom stereocenters. The zero-order valence-electron chi connectivity index (χ0n) is 30.8. The second-order valence-corrected chi connectivity index (χ2v) is 12.9. The van der Waals surface area contributed by atoms with Gasteiger partial charge in [-0.15, -0.1) is 0 Å². The van der Waals surface area contributed by atoms with E-state index in [9.17, 15) is 0 Å². The minimum atomic E-state index is 0.170. The molecule has 0 saturated heterocycles. The van der Waals surface area contributed by atoms with Crippen LogP contribution in [0.3, 0.4) is 0 Å². The van der Waals surface area contributed by atoms with E-state index in [0.717, 1.165) is 84.1 Å². The molecule has 0 aliphatic heterocycles. The Morgan fingerprint density at radius 2 is 1.02 bits per heavy atom. The molecule has 0 atom stereocenters. The van der Waals surface area contributed by atoms with E-state index in [2.05, 4.69) is 76.7 Å². The monoisotopic (exact) mass is 694 g/mol. The number of hydrogen-bond acceptors (Lipinski definition) is 12. The Labute approximate surface area is 304 Å². The van der Waals surface area contributed by atoms with Crippen LogP contribution in [0.25, 0.3) is 33.4 Å². The number of aryl methyl sites for hydroxylation is 7. The second-order valence-electron chi connectivity index (χ2n) is 12.9. The van der Waals surface area contributed by atoms with E-state index in [-0.39, 0.29) is 5.95 Å². The third-order valence-electron chi connectivity index (χ3n) is 9.29. The zero-order chi connectivity index (χ0) is 37.3. The third-order valence-corrected chi connectivity index (χ3v) is 9.29. The molecule has 0 aliphatic rings. The van der Waals surface area contributed by atoms with Gasteiger partial charge in [0.15, 0.2) is 0 Å². The Morgan fingerprint density at radius 3 is 1.63 bits per heavy atom. The third kappa shape index (κ3) is 6.87. The maximum absolute atomic E-state index is 6.67. The minimum absolute atomic E-state index is 0.170. The zero-order valence-corrected chi connectivity index (χ0v) is 30.8. The van der Waals surface area contributed by atoms with Crippen LogP contribution in [0.1, 0.15) is 60.1 Å². The molecule has 0 fully saturated rings. The summed E-state index contributed by atoms with van der Waals surface area (Å²) in [6, 6.07) is 18.3. The largest absolute Gasteiger partial charge is 0.383 e. The number of hydrogen-bond donors (Lipinski definition) is 6. The van der Waals surface area contributed by atoms with Gasteiger partial charge in [-0.05, 0) is 110 Å². The fourth-order valence-electron chi connectivity index (χ4n) is 6.75. The highest BCUT2D eigenvalue weighted by molar-refractivity contribution is 5.83. The molecular weight excluding hydrogens is 649 g/mol. The summed E-state index contributed by atoms with van der Waals surface area (Å²) in [6.45, 7) is 14.3. The number of anilines is 8. The van der Waals surface area contributed by atoms with Crippen molar-refractivity contribution in [2.24, 2.45) is 0 Å². The average Bonchev–Trinajstić information content (AvgIpc) is 3.10.